The summed E-state index contributed by atoms with van der Waals surface area (Å²) in [4.78, 5) is 2.59. The highest BCUT2D eigenvalue weighted by molar-refractivity contribution is 4.84. The van der Waals surface area contributed by atoms with Crippen LogP contribution in [0.5, 0.6) is 0 Å². The SMILES string of the molecule is CN(CCC1(CN)CCCCC1)CC1CCCCC1. The molecule has 112 valence electrons. The van der Waals surface area contributed by atoms with E-state index in [2.05, 4.69) is 11.9 Å². The van der Waals surface area contributed by atoms with Gasteiger partial charge in [0.15, 0.2) is 0 Å². The first-order valence-corrected chi connectivity index (χ1v) is 8.63. The van der Waals surface area contributed by atoms with Gasteiger partial charge in [0.2, 0.25) is 0 Å². The minimum Gasteiger partial charge on any atom is -0.330 e. The molecule has 2 aliphatic carbocycles. The number of rotatable bonds is 6. The Kier molecular flexibility index (Phi) is 6.15. The molecule has 0 radical (unpaired) electrons. The van der Waals surface area contributed by atoms with Gasteiger partial charge in [0.1, 0.15) is 0 Å². The molecular formula is C17H34N2. The third-order valence-corrected chi connectivity index (χ3v) is 5.67. The standard InChI is InChI=1S/C17H34N2/c1-19(14-16-8-4-2-5-9-16)13-12-17(15-18)10-6-3-7-11-17/h16H,2-15,18H2,1H3. The van der Waals surface area contributed by atoms with E-state index in [1.807, 2.05) is 0 Å². The van der Waals surface area contributed by atoms with Crippen molar-refractivity contribution in [1.82, 2.24) is 4.90 Å². The molecule has 0 aromatic rings. The fourth-order valence-corrected chi connectivity index (χ4v) is 4.19. The summed E-state index contributed by atoms with van der Waals surface area (Å²) in [6.07, 6.45) is 15.6. The van der Waals surface area contributed by atoms with Gasteiger partial charge in [-0.3, -0.25) is 0 Å². The van der Waals surface area contributed by atoms with Crippen molar-refractivity contribution in [3.8, 4) is 0 Å². The first-order valence-electron chi connectivity index (χ1n) is 8.63. The van der Waals surface area contributed by atoms with E-state index in [1.165, 1.54) is 83.7 Å². The Hall–Kier alpha value is -0.0800. The monoisotopic (exact) mass is 266 g/mol. The van der Waals surface area contributed by atoms with Crippen LogP contribution >= 0.6 is 0 Å². The lowest BCUT2D eigenvalue weighted by atomic mass is 9.72. The smallest absolute Gasteiger partial charge is 0.000661 e. The van der Waals surface area contributed by atoms with Gasteiger partial charge in [-0.25, -0.2) is 0 Å². The molecule has 19 heavy (non-hydrogen) atoms. The maximum Gasteiger partial charge on any atom is 0.000661 e. The fraction of sp³-hybridized carbons (Fsp3) is 1.00. The van der Waals surface area contributed by atoms with E-state index in [4.69, 9.17) is 5.73 Å². The maximum atomic E-state index is 6.09. The van der Waals surface area contributed by atoms with Gasteiger partial charge in [0, 0.05) is 6.54 Å². The summed E-state index contributed by atoms with van der Waals surface area (Å²) >= 11 is 0. The molecule has 2 N–H and O–H groups in total. The van der Waals surface area contributed by atoms with Crippen molar-refractivity contribution in [3.05, 3.63) is 0 Å². The van der Waals surface area contributed by atoms with Crippen LogP contribution in [0, 0.1) is 11.3 Å². The minimum atomic E-state index is 0.485. The maximum absolute atomic E-state index is 6.09. The molecule has 0 atom stereocenters. The number of nitrogens with two attached hydrogens (primary N) is 1. The molecule has 2 heteroatoms. The van der Waals surface area contributed by atoms with Gasteiger partial charge in [-0.05, 0) is 63.6 Å². The lowest BCUT2D eigenvalue weighted by Gasteiger charge is -2.38. The van der Waals surface area contributed by atoms with Gasteiger partial charge in [0.25, 0.3) is 0 Å². The summed E-state index contributed by atoms with van der Waals surface area (Å²) in [6.45, 7) is 3.48. The van der Waals surface area contributed by atoms with Gasteiger partial charge < -0.3 is 10.6 Å². The molecule has 0 aromatic heterocycles. The van der Waals surface area contributed by atoms with Crippen molar-refractivity contribution in [3.63, 3.8) is 0 Å². The molecule has 0 aliphatic heterocycles. The van der Waals surface area contributed by atoms with Crippen molar-refractivity contribution in [2.24, 2.45) is 17.1 Å². The molecule has 0 bridgehead atoms. The molecule has 0 amide bonds. The van der Waals surface area contributed by atoms with Crippen LogP contribution in [0.15, 0.2) is 0 Å². The van der Waals surface area contributed by atoms with Gasteiger partial charge in [-0.1, -0.05) is 38.5 Å². The first-order chi connectivity index (χ1) is 9.24. The van der Waals surface area contributed by atoms with Crippen LogP contribution in [0.2, 0.25) is 0 Å². The second kappa shape index (κ2) is 7.64. The zero-order valence-electron chi connectivity index (χ0n) is 13.0. The van der Waals surface area contributed by atoms with Gasteiger partial charge in [-0.2, -0.15) is 0 Å². The molecule has 0 aromatic carbocycles. The number of hydrogen-bond donors (Lipinski definition) is 1. The zero-order chi connectivity index (χ0) is 13.6. The van der Waals surface area contributed by atoms with Crippen molar-refractivity contribution >= 4 is 0 Å². The Morgan fingerprint density at radius 3 is 2.26 bits per heavy atom. The molecule has 0 spiro atoms. The quantitative estimate of drug-likeness (QED) is 0.792. The molecule has 0 heterocycles. The third kappa shape index (κ3) is 4.75. The summed E-state index contributed by atoms with van der Waals surface area (Å²) in [5.74, 6) is 0.971. The normalized spacial score (nSPS) is 24.8. The van der Waals surface area contributed by atoms with Crippen LogP contribution in [0.1, 0.15) is 70.6 Å². The van der Waals surface area contributed by atoms with E-state index < -0.39 is 0 Å². The van der Waals surface area contributed by atoms with Gasteiger partial charge >= 0.3 is 0 Å². The molecule has 0 saturated heterocycles. The lowest BCUT2D eigenvalue weighted by Crippen LogP contribution is -2.37. The summed E-state index contributed by atoms with van der Waals surface area (Å²) in [5.41, 5.74) is 6.58. The first kappa shape index (κ1) is 15.3. The van der Waals surface area contributed by atoms with E-state index in [1.54, 1.807) is 0 Å². The van der Waals surface area contributed by atoms with E-state index in [9.17, 15) is 0 Å². The Bertz CT molecular complexity index is 240. The molecule has 2 rings (SSSR count). The molecular weight excluding hydrogens is 232 g/mol. The summed E-state index contributed by atoms with van der Waals surface area (Å²) < 4.78 is 0. The molecule has 2 saturated carbocycles. The highest BCUT2D eigenvalue weighted by Crippen LogP contribution is 2.38. The lowest BCUT2D eigenvalue weighted by molar-refractivity contribution is 0.144. The largest absolute Gasteiger partial charge is 0.330 e. The number of hydrogen-bond acceptors (Lipinski definition) is 2. The van der Waals surface area contributed by atoms with Crippen molar-refractivity contribution in [2.45, 2.75) is 70.6 Å². The fourth-order valence-electron chi connectivity index (χ4n) is 4.19. The Balaban J connectivity index is 1.70. The van der Waals surface area contributed by atoms with E-state index in [0.717, 1.165) is 12.5 Å². The van der Waals surface area contributed by atoms with Crippen molar-refractivity contribution < 1.29 is 0 Å². The van der Waals surface area contributed by atoms with Crippen LogP contribution in [-0.4, -0.2) is 31.6 Å². The molecule has 2 fully saturated rings. The van der Waals surface area contributed by atoms with E-state index in [0.29, 0.717) is 5.41 Å². The zero-order valence-corrected chi connectivity index (χ0v) is 13.0. The highest BCUT2D eigenvalue weighted by atomic mass is 15.1. The minimum absolute atomic E-state index is 0.485. The average Bonchev–Trinajstić information content (AvgIpc) is 2.47. The van der Waals surface area contributed by atoms with Gasteiger partial charge in [0.05, 0.1) is 0 Å². The predicted octanol–water partition coefficient (Wildman–Crippen LogP) is 3.80. The predicted molar refractivity (Wildman–Crippen MR) is 83.3 cm³/mol. The van der Waals surface area contributed by atoms with Crippen LogP contribution in [0.25, 0.3) is 0 Å². The van der Waals surface area contributed by atoms with Crippen LogP contribution < -0.4 is 5.73 Å². The summed E-state index contributed by atoms with van der Waals surface area (Å²) in [6, 6.07) is 0. The Morgan fingerprint density at radius 2 is 1.63 bits per heavy atom. The molecule has 2 nitrogen and oxygen atoms in total. The second-order valence-electron chi connectivity index (χ2n) is 7.28. The highest BCUT2D eigenvalue weighted by Gasteiger charge is 2.30. The second-order valence-corrected chi connectivity index (χ2v) is 7.28. The van der Waals surface area contributed by atoms with E-state index in [-0.39, 0.29) is 0 Å². The average molecular weight is 266 g/mol. The van der Waals surface area contributed by atoms with Gasteiger partial charge in [-0.15, -0.1) is 0 Å². The topological polar surface area (TPSA) is 29.3 Å². The summed E-state index contributed by atoms with van der Waals surface area (Å²) in [7, 11) is 2.32. The third-order valence-electron chi connectivity index (χ3n) is 5.67. The Morgan fingerprint density at radius 1 is 1.00 bits per heavy atom. The van der Waals surface area contributed by atoms with Crippen LogP contribution in [-0.2, 0) is 0 Å². The van der Waals surface area contributed by atoms with Crippen LogP contribution in [0.3, 0.4) is 0 Å². The van der Waals surface area contributed by atoms with Crippen LogP contribution in [0.4, 0.5) is 0 Å². The van der Waals surface area contributed by atoms with E-state index >= 15 is 0 Å². The van der Waals surface area contributed by atoms with Crippen molar-refractivity contribution in [2.75, 3.05) is 26.7 Å². The Labute approximate surface area is 120 Å². The van der Waals surface area contributed by atoms with Crippen molar-refractivity contribution in [1.29, 1.82) is 0 Å². The summed E-state index contributed by atoms with van der Waals surface area (Å²) in [5, 5.41) is 0. The number of nitrogens with zero attached hydrogens (tertiary/aromatic N) is 1. The molecule has 0 unspecified atom stereocenters. The molecule has 2 aliphatic rings.